The van der Waals surface area contributed by atoms with Gasteiger partial charge in [0.15, 0.2) is 29.4 Å². The summed E-state index contributed by atoms with van der Waals surface area (Å²) in [6.45, 7) is -1.03. The van der Waals surface area contributed by atoms with Crippen LogP contribution in [0.4, 0.5) is 14.6 Å². The molecule has 136 valence electrons. The predicted molar refractivity (Wildman–Crippen MR) is 83.4 cm³/mol. The first-order valence-corrected chi connectivity index (χ1v) is 8.28. The van der Waals surface area contributed by atoms with E-state index in [4.69, 9.17) is 15.2 Å². The number of anilines is 1. The molecular formula is C15H19F2N5O3. The molecule has 0 bridgehead atoms. The lowest BCUT2D eigenvalue weighted by atomic mass is 10.2. The molecule has 2 fully saturated rings. The maximum absolute atomic E-state index is 13.9. The first-order chi connectivity index (χ1) is 12.1. The first-order valence-electron chi connectivity index (χ1n) is 8.28. The Morgan fingerprint density at radius 1 is 1.36 bits per heavy atom. The Hall–Kier alpha value is -2.07. The van der Waals surface area contributed by atoms with Gasteiger partial charge in [-0.05, 0) is 25.7 Å². The minimum Gasteiger partial charge on any atom is -0.460 e. The molecule has 1 aliphatic heterocycles. The van der Waals surface area contributed by atoms with E-state index in [-0.39, 0.29) is 29.1 Å². The Morgan fingerprint density at radius 2 is 2.12 bits per heavy atom. The molecule has 2 aromatic heterocycles. The maximum Gasteiger partial charge on any atom is 0.320 e. The van der Waals surface area contributed by atoms with Crippen LogP contribution in [-0.2, 0) is 4.74 Å². The summed E-state index contributed by atoms with van der Waals surface area (Å²) in [4.78, 5) is 12.5. The van der Waals surface area contributed by atoms with E-state index in [1.54, 1.807) is 0 Å². The molecule has 3 heterocycles. The van der Waals surface area contributed by atoms with Crippen LogP contribution in [0.15, 0.2) is 6.33 Å². The molecule has 1 saturated carbocycles. The second kappa shape index (κ2) is 6.34. The van der Waals surface area contributed by atoms with Gasteiger partial charge in [-0.25, -0.2) is 13.8 Å². The molecule has 0 amide bonds. The normalized spacial score (nSPS) is 30.4. The molecule has 4 rings (SSSR count). The summed E-state index contributed by atoms with van der Waals surface area (Å²) in [5.74, 6) is 0.114. The van der Waals surface area contributed by atoms with Crippen molar-refractivity contribution in [1.29, 1.82) is 0 Å². The van der Waals surface area contributed by atoms with Crippen LogP contribution in [0, 0.1) is 0 Å². The molecule has 4 atom stereocenters. The van der Waals surface area contributed by atoms with E-state index < -0.39 is 31.3 Å². The van der Waals surface area contributed by atoms with Gasteiger partial charge in [-0.15, -0.1) is 0 Å². The Bertz CT molecular complexity index is 767. The number of aliphatic hydroxyl groups excluding tert-OH is 1. The summed E-state index contributed by atoms with van der Waals surface area (Å²) in [6, 6.07) is 0.102. The Morgan fingerprint density at radius 3 is 2.80 bits per heavy atom. The topological polar surface area (TPSA) is 108 Å². The number of nitrogens with zero attached hydrogens (tertiary/aromatic N) is 4. The molecule has 2 aromatic rings. The fourth-order valence-corrected chi connectivity index (χ4v) is 3.38. The molecular weight excluding hydrogens is 336 g/mol. The van der Waals surface area contributed by atoms with Crippen LogP contribution in [0.5, 0.6) is 6.01 Å². The molecule has 25 heavy (non-hydrogen) atoms. The smallest absolute Gasteiger partial charge is 0.320 e. The molecule has 0 aromatic carbocycles. The third-order valence-corrected chi connectivity index (χ3v) is 4.72. The Labute approximate surface area is 142 Å². The predicted octanol–water partition coefficient (Wildman–Crippen LogP) is 1.30. The molecule has 3 N–H and O–H groups in total. The van der Waals surface area contributed by atoms with Gasteiger partial charge in [0.25, 0.3) is 0 Å². The number of rotatable bonds is 4. The number of halogens is 2. The highest BCUT2D eigenvalue weighted by Crippen LogP contribution is 2.34. The summed E-state index contributed by atoms with van der Waals surface area (Å²) in [5, 5.41) is 10.0. The van der Waals surface area contributed by atoms with Crippen LogP contribution in [0.3, 0.4) is 0 Å². The highest BCUT2D eigenvalue weighted by molar-refractivity contribution is 5.82. The number of aromatic nitrogens is 4. The summed E-state index contributed by atoms with van der Waals surface area (Å²) < 4.78 is 39.1. The monoisotopic (exact) mass is 355 g/mol. The van der Waals surface area contributed by atoms with Crippen molar-refractivity contribution in [2.24, 2.45) is 0 Å². The molecule has 1 aliphatic carbocycles. The van der Waals surface area contributed by atoms with Gasteiger partial charge in [0.2, 0.25) is 0 Å². The number of aliphatic hydroxyl groups is 1. The number of alkyl halides is 2. The first kappa shape index (κ1) is 16.4. The molecule has 0 spiro atoms. The number of imidazole rings is 1. The third kappa shape index (κ3) is 2.78. The van der Waals surface area contributed by atoms with Crippen LogP contribution in [0.2, 0.25) is 0 Å². The average molecular weight is 355 g/mol. The summed E-state index contributed by atoms with van der Waals surface area (Å²) in [6.07, 6.45) is -0.465. The third-order valence-electron chi connectivity index (χ3n) is 4.72. The van der Waals surface area contributed by atoms with Crippen molar-refractivity contribution in [3.8, 4) is 6.01 Å². The van der Waals surface area contributed by atoms with Gasteiger partial charge in [0, 0.05) is 0 Å². The average Bonchev–Trinajstić information content (AvgIpc) is 3.30. The second-order valence-electron chi connectivity index (χ2n) is 6.39. The van der Waals surface area contributed by atoms with Crippen molar-refractivity contribution >= 4 is 17.0 Å². The number of ether oxygens (including phenoxy) is 2. The maximum atomic E-state index is 13.9. The van der Waals surface area contributed by atoms with Crippen molar-refractivity contribution < 1.29 is 23.4 Å². The van der Waals surface area contributed by atoms with Gasteiger partial charge in [-0.3, -0.25) is 4.57 Å². The van der Waals surface area contributed by atoms with E-state index in [0.29, 0.717) is 0 Å². The van der Waals surface area contributed by atoms with E-state index in [9.17, 15) is 13.9 Å². The fraction of sp³-hybridized carbons (Fsp3) is 0.667. The minimum absolute atomic E-state index is 0.0349. The highest BCUT2D eigenvalue weighted by Gasteiger charge is 2.45. The quantitative estimate of drug-likeness (QED) is 0.851. The van der Waals surface area contributed by atoms with Crippen LogP contribution in [-0.4, -0.2) is 55.8 Å². The van der Waals surface area contributed by atoms with Crippen LogP contribution < -0.4 is 10.5 Å². The fourth-order valence-electron chi connectivity index (χ4n) is 3.38. The zero-order valence-electron chi connectivity index (χ0n) is 13.4. The lowest BCUT2D eigenvalue weighted by molar-refractivity contribution is -0.0405. The highest BCUT2D eigenvalue weighted by atomic mass is 19.1. The van der Waals surface area contributed by atoms with Gasteiger partial charge in [-0.1, -0.05) is 0 Å². The van der Waals surface area contributed by atoms with E-state index in [1.165, 1.54) is 10.9 Å². The van der Waals surface area contributed by atoms with Crippen molar-refractivity contribution in [2.75, 3.05) is 12.4 Å². The van der Waals surface area contributed by atoms with Crippen molar-refractivity contribution in [3.63, 3.8) is 0 Å². The molecule has 10 heteroatoms. The van der Waals surface area contributed by atoms with Gasteiger partial charge < -0.3 is 20.3 Å². The molecule has 0 radical (unpaired) electrons. The molecule has 0 unspecified atom stereocenters. The number of nitrogens with two attached hydrogens (primary N) is 1. The molecule has 2 aliphatic rings. The number of fused-ring (bicyclic) bond motifs is 1. The van der Waals surface area contributed by atoms with Gasteiger partial charge in [0.1, 0.15) is 25.0 Å². The molecule has 8 nitrogen and oxygen atoms in total. The van der Waals surface area contributed by atoms with E-state index in [2.05, 4.69) is 15.0 Å². The van der Waals surface area contributed by atoms with Crippen LogP contribution >= 0.6 is 0 Å². The van der Waals surface area contributed by atoms with E-state index in [0.717, 1.165) is 25.7 Å². The SMILES string of the molecule is Nc1nc(OC2CCCC2)nc2c1ncn2[C@@H]1O[C@H](CF)[C@H](F)[C@H]1O. The van der Waals surface area contributed by atoms with Crippen molar-refractivity contribution in [3.05, 3.63) is 6.33 Å². The Kier molecular flexibility index (Phi) is 4.16. The van der Waals surface area contributed by atoms with E-state index in [1.807, 2.05) is 0 Å². The summed E-state index contributed by atoms with van der Waals surface area (Å²) in [5.41, 5.74) is 6.45. The van der Waals surface area contributed by atoms with Crippen LogP contribution in [0.1, 0.15) is 31.9 Å². The number of nitrogen functional groups attached to an aromatic ring is 1. The summed E-state index contributed by atoms with van der Waals surface area (Å²) >= 11 is 0. The summed E-state index contributed by atoms with van der Waals surface area (Å²) in [7, 11) is 0. The largest absolute Gasteiger partial charge is 0.460 e. The Balaban J connectivity index is 1.68. The zero-order valence-corrected chi connectivity index (χ0v) is 13.4. The van der Waals surface area contributed by atoms with Gasteiger partial charge >= 0.3 is 6.01 Å². The van der Waals surface area contributed by atoms with E-state index >= 15 is 0 Å². The number of hydrogen-bond donors (Lipinski definition) is 2. The lowest BCUT2D eigenvalue weighted by Crippen LogP contribution is -2.28. The van der Waals surface area contributed by atoms with Crippen molar-refractivity contribution in [2.45, 2.75) is 56.4 Å². The lowest BCUT2D eigenvalue weighted by Gasteiger charge is -2.17. The standard InChI is InChI=1S/C15H19F2N5O3/c16-5-8-9(17)11(23)14(25-8)22-6-19-10-12(18)20-15(21-13(10)22)24-7-3-1-2-4-7/h6-9,11,14,23H,1-5H2,(H2,18,20,21)/t8-,9+,11-,14-/m1/s1. The van der Waals surface area contributed by atoms with Crippen LogP contribution in [0.25, 0.3) is 11.2 Å². The number of hydrogen-bond acceptors (Lipinski definition) is 7. The van der Waals surface area contributed by atoms with Crippen molar-refractivity contribution in [1.82, 2.24) is 19.5 Å². The molecule has 1 saturated heterocycles. The van der Waals surface area contributed by atoms with Gasteiger partial charge in [0.05, 0.1) is 6.33 Å². The zero-order chi connectivity index (χ0) is 17.6. The second-order valence-corrected chi connectivity index (χ2v) is 6.39. The van der Waals surface area contributed by atoms with Gasteiger partial charge in [-0.2, -0.15) is 9.97 Å². The minimum atomic E-state index is -1.83.